The lowest BCUT2D eigenvalue weighted by Crippen LogP contribution is -2.37. The molecule has 0 unspecified atom stereocenters. The highest BCUT2D eigenvalue weighted by Crippen LogP contribution is 2.49. The summed E-state index contributed by atoms with van der Waals surface area (Å²) in [6.07, 6.45) is 2.46. The van der Waals surface area contributed by atoms with Crippen LogP contribution in [0.5, 0.6) is 0 Å². The molecule has 7 heteroatoms. The fourth-order valence-electron chi connectivity index (χ4n) is 3.75. The lowest BCUT2D eigenvalue weighted by atomic mass is 9.81. The Morgan fingerprint density at radius 2 is 2.23 bits per heavy atom. The van der Waals surface area contributed by atoms with Crippen LogP contribution in [-0.4, -0.2) is 52.0 Å². The quantitative estimate of drug-likeness (QED) is 0.870. The molecule has 7 nitrogen and oxygen atoms in total. The number of carboxylic acid groups (broad SMARTS) is 1. The number of carbonyl (C=O) groups is 2. The third-order valence-electron chi connectivity index (χ3n) is 4.88. The maximum absolute atomic E-state index is 12.7. The molecule has 2 atom stereocenters. The number of fused-ring (bicyclic) bond motifs is 1. The number of hydrogen-bond acceptors (Lipinski definition) is 5. The summed E-state index contributed by atoms with van der Waals surface area (Å²) >= 11 is 0. The molecule has 2 aliphatic rings. The average Bonchev–Trinajstić information content (AvgIpc) is 3.03. The lowest BCUT2D eigenvalue weighted by molar-refractivity contribution is -0.149. The largest absolute Gasteiger partial charge is 0.481 e. The highest BCUT2D eigenvalue weighted by Gasteiger charge is 2.55. The molecule has 2 N–H and O–H groups in total. The van der Waals surface area contributed by atoms with E-state index in [1.54, 1.807) is 24.9 Å². The van der Waals surface area contributed by atoms with E-state index in [2.05, 4.69) is 15.3 Å². The lowest BCUT2D eigenvalue weighted by Gasteiger charge is -2.23. The van der Waals surface area contributed by atoms with Crippen LogP contribution in [0, 0.1) is 18.3 Å². The minimum absolute atomic E-state index is 0.0562. The van der Waals surface area contributed by atoms with E-state index in [4.69, 9.17) is 0 Å². The van der Waals surface area contributed by atoms with E-state index >= 15 is 0 Å². The Morgan fingerprint density at radius 1 is 1.45 bits per heavy atom. The van der Waals surface area contributed by atoms with Crippen molar-refractivity contribution in [2.75, 3.05) is 25.5 Å². The molecule has 1 aromatic heterocycles. The number of aromatic nitrogens is 2. The van der Waals surface area contributed by atoms with Gasteiger partial charge in [-0.15, -0.1) is 0 Å². The van der Waals surface area contributed by atoms with Crippen molar-refractivity contribution in [1.29, 1.82) is 0 Å². The van der Waals surface area contributed by atoms with Gasteiger partial charge in [0, 0.05) is 25.8 Å². The predicted molar refractivity (Wildman–Crippen MR) is 79.6 cm³/mol. The van der Waals surface area contributed by atoms with Crippen LogP contribution in [0.4, 0.5) is 5.95 Å². The van der Waals surface area contributed by atoms with Crippen LogP contribution in [0.2, 0.25) is 0 Å². The van der Waals surface area contributed by atoms with E-state index in [0.29, 0.717) is 30.3 Å². The van der Waals surface area contributed by atoms with Gasteiger partial charge in [-0.2, -0.15) is 0 Å². The van der Waals surface area contributed by atoms with E-state index in [-0.39, 0.29) is 18.4 Å². The second-order valence-corrected chi connectivity index (χ2v) is 6.20. The molecule has 2 heterocycles. The average molecular weight is 304 g/mol. The number of likely N-dealkylation sites (tertiary alicyclic amines) is 1. The molecule has 1 saturated heterocycles. The summed E-state index contributed by atoms with van der Waals surface area (Å²) in [5.74, 6) is -0.534. The Balaban J connectivity index is 1.85. The van der Waals surface area contributed by atoms with Crippen LogP contribution >= 0.6 is 0 Å². The first-order valence-electron chi connectivity index (χ1n) is 7.52. The minimum Gasteiger partial charge on any atom is -0.481 e. The number of aryl methyl sites for hydroxylation is 1. The molecule has 3 rings (SSSR count). The first-order valence-corrected chi connectivity index (χ1v) is 7.52. The van der Waals surface area contributed by atoms with Crippen LogP contribution in [0.15, 0.2) is 6.07 Å². The van der Waals surface area contributed by atoms with Gasteiger partial charge in [-0.25, -0.2) is 9.97 Å². The summed E-state index contributed by atoms with van der Waals surface area (Å²) in [7, 11) is 1.70. The summed E-state index contributed by atoms with van der Waals surface area (Å²) in [6.45, 7) is 2.59. The zero-order chi connectivity index (χ0) is 15.9. The Bertz CT molecular complexity index is 633. The van der Waals surface area contributed by atoms with Gasteiger partial charge in [0.2, 0.25) is 5.95 Å². The minimum atomic E-state index is -0.778. The topological polar surface area (TPSA) is 95.4 Å². The molecule has 1 saturated carbocycles. The van der Waals surface area contributed by atoms with Gasteiger partial charge in [0.1, 0.15) is 5.69 Å². The normalized spacial score (nSPS) is 26.8. The number of anilines is 1. The first-order chi connectivity index (χ1) is 10.5. The number of carbonyl (C=O) groups excluding carboxylic acids is 1. The fraction of sp³-hybridized carbons (Fsp3) is 0.600. The Labute approximate surface area is 128 Å². The predicted octanol–water partition coefficient (Wildman–Crippen LogP) is 1.15. The molecule has 0 radical (unpaired) electrons. The maximum atomic E-state index is 12.7. The summed E-state index contributed by atoms with van der Waals surface area (Å²) < 4.78 is 0. The van der Waals surface area contributed by atoms with Crippen LogP contribution < -0.4 is 5.32 Å². The first kappa shape index (κ1) is 14.7. The van der Waals surface area contributed by atoms with E-state index in [1.807, 2.05) is 0 Å². The SMILES string of the molecule is CNc1nc(C)cc(C(=O)N2C[C@@H]3CCC[C@@]3(C(=O)O)C2)n1. The molecule has 1 aromatic rings. The molecular formula is C15H20N4O3. The van der Waals surface area contributed by atoms with Gasteiger partial charge in [-0.05, 0) is 31.7 Å². The summed E-state index contributed by atoms with van der Waals surface area (Å²) in [4.78, 5) is 34.4. The summed E-state index contributed by atoms with van der Waals surface area (Å²) in [6, 6.07) is 1.64. The van der Waals surface area contributed by atoms with Crippen molar-refractivity contribution in [1.82, 2.24) is 14.9 Å². The molecule has 22 heavy (non-hydrogen) atoms. The Hall–Kier alpha value is -2.18. The van der Waals surface area contributed by atoms with Gasteiger partial charge in [-0.3, -0.25) is 9.59 Å². The molecule has 2 fully saturated rings. The molecular weight excluding hydrogens is 284 g/mol. The van der Waals surface area contributed by atoms with Crippen molar-refractivity contribution < 1.29 is 14.7 Å². The van der Waals surface area contributed by atoms with E-state index in [9.17, 15) is 14.7 Å². The third kappa shape index (κ3) is 2.20. The summed E-state index contributed by atoms with van der Waals surface area (Å²) in [5.41, 5.74) is 0.260. The van der Waals surface area contributed by atoms with Crippen molar-refractivity contribution in [2.24, 2.45) is 11.3 Å². The van der Waals surface area contributed by atoms with E-state index in [1.165, 1.54) is 0 Å². The number of amides is 1. The number of nitrogens with one attached hydrogen (secondary N) is 1. The molecule has 0 aromatic carbocycles. The van der Waals surface area contributed by atoms with Crippen LogP contribution in [0.3, 0.4) is 0 Å². The Kier molecular flexibility index (Phi) is 3.50. The second-order valence-electron chi connectivity index (χ2n) is 6.20. The van der Waals surface area contributed by atoms with Crippen molar-refractivity contribution >= 4 is 17.8 Å². The molecule has 1 aliphatic heterocycles. The van der Waals surface area contributed by atoms with Crippen molar-refractivity contribution in [3.05, 3.63) is 17.5 Å². The molecule has 118 valence electrons. The number of aliphatic carboxylic acids is 1. The number of nitrogens with zero attached hydrogens (tertiary/aromatic N) is 3. The third-order valence-corrected chi connectivity index (χ3v) is 4.88. The van der Waals surface area contributed by atoms with Crippen LogP contribution in [-0.2, 0) is 4.79 Å². The zero-order valence-corrected chi connectivity index (χ0v) is 12.8. The molecule has 1 amide bonds. The van der Waals surface area contributed by atoms with Crippen molar-refractivity contribution in [2.45, 2.75) is 26.2 Å². The standard InChI is InChI=1S/C15H20N4O3/c1-9-6-11(18-14(16-2)17-9)12(20)19-7-10-4-3-5-15(10,8-19)13(21)22/h6,10H,3-5,7-8H2,1-2H3,(H,21,22)(H,16,17,18)/t10-,15+/m0/s1. The van der Waals surface area contributed by atoms with Gasteiger partial charge in [0.15, 0.2) is 0 Å². The number of rotatable bonds is 3. The van der Waals surface area contributed by atoms with Gasteiger partial charge in [0.25, 0.3) is 5.91 Å². The van der Waals surface area contributed by atoms with E-state index in [0.717, 1.165) is 12.8 Å². The molecule has 0 bridgehead atoms. The van der Waals surface area contributed by atoms with Crippen LogP contribution in [0.1, 0.15) is 35.4 Å². The van der Waals surface area contributed by atoms with Gasteiger partial charge >= 0.3 is 5.97 Å². The number of carboxylic acids is 1. The highest BCUT2D eigenvalue weighted by molar-refractivity contribution is 5.93. The van der Waals surface area contributed by atoms with E-state index < -0.39 is 11.4 Å². The van der Waals surface area contributed by atoms with Crippen molar-refractivity contribution in [3.63, 3.8) is 0 Å². The number of hydrogen-bond donors (Lipinski definition) is 2. The second kappa shape index (κ2) is 5.23. The van der Waals surface area contributed by atoms with Gasteiger partial charge < -0.3 is 15.3 Å². The molecule has 1 aliphatic carbocycles. The smallest absolute Gasteiger partial charge is 0.311 e. The Morgan fingerprint density at radius 3 is 2.86 bits per heavy atom. The van der Waals surface area contributed by atoms with Crippen molar-refractivity contribution in [3.8, 4) is 0 Å². The molecule has 0 spiro atoms. The monoisotopic (exact) mass is 304 g/mol. The highest BCUT2D eigenvalue weighted by atomic mass is 16.4. The van der Waals surface area contributed by atoms with Crippen LogP contribution in [0.25, 0.3) is 0 Å². The maximum Gasteiger partial charge on any atom is 0.311 e. The zero-order valence-electron chi connectivity index (χ0n) is 12.8. The summed E-state index contributed by atoms with van der Waals surface area (Å²) in [5, 5.41) is 12.4. The van der Waals surface area contributed by atoms with Gasteiger partial charge in [0.05, 0.1) is 5.41 Å². The van der Waals surface area contributed by atoms with Gasteiger partial charge in [-0.1, -0.05) is 6.42 Å². The fourth-order valence-corrected chi connectivity index (χ4v) is 3.75.